The van der Waals surface area contributed by atoms with E-state index in [9.17, 15) is 4.39 Å². The number of para-hydroxylation sites is 1. The predicted octanol–water partition coefficient (Wildman–Crippen LogP) is 2.91. The lowest BCUT2D eigenvalue weighted by atomic mass is 10.0. The Hall–Kier alpha value is -1.91. The average Bonchev–Trinajstić information content (AvgIpc) is 2.84. The minimum Gasteiger partial charge on any atom is -0.356 e. The number of rotatable bonds is 4. The third-order valence-electron chi connectivity index (χ3n) is 4.17. The van der Waals surface area contributed by atoms with Gasteiger partial charge in [0, 0.05) is 19.6 Å². The van der Waals surface area contributed by atoms with E-state index in [1.54, 1.807) is 6.07 Å². The van der Waals surface area contributed by atoms with E-state index in [4.69, 9.17) is 5.73 Å². The van der Waals surface area contributed by atoms with E-state index in [0.29, 0.717) is 18.8 Å². The quantitative estimate of drug-likeness (QED) is 0.942. The maximum Gasteiger partial charge on any atom is 0.146 e. The Morgan fingerprint density at radius 2 is 2.00 bits per heavy atom. The Balaban J connectivity index is 1.96. The van der Waals surface area contributed by atoms with E-state index in [-0.39, 0.29) is 11.9 Å². The van der Waals surface area contributed by atoms with Gasteiger partial charge in [-0.25, -0.2) is 4.39 Å². The average molecular weight is 299 g/mol. The summed E-state index contributed by atoms with van der Waals surface area (Å²) in [6, 6.07) is 13.5. The molecular formula is C18H22FN3. The minimum absolute atomic E-state index is 0.0361. The van der Waals surface area contributed by atoms with Crippen LogP contribution < -0.4 is 10.6 Å². The highest BCUT2D eigenvalue weighted by molar-refractivity contribution is 5.56. The molecular weight excluding hydrogens is 277 g/mol. The second-order valence-electron chi connectivity index (χ2n) is 6.10. The minimum atomic E-state index is -0.192. The van der Waals surface area contributed by atoms with Crippen LogP contribution in [0, 0.1) is 5.82 Å². The van der Waals surface area contributed by atoms with Crippen molar-refractivity contribution in [3.05, 3.63) is 65.0 Å². The molecule has 1 atom stereocenters. The second kappa shape index (κ2) is 6.07. The lowest BCUT2D eigenvalue weighted by Gasteiger charge is -2.26. The molecule has 1 aliphatic heterocycles. The van der Waals surface area contributed by atoms with Crippen LogP contribution in [0.1, 0.15) is 22.7 Å². The van der Waals surface area contributed by atoms with Crippen molar-refractivity contribution in [2.75, 3.05) is 25.5 Å². The van der Waals surface area contributed by atoms with Gasteiger partial charge in [0.1, 0.15) is 5.82 Å². The van der Waals surface area contributed by atoms with Gasteiger partial charge in [-0.2, -0.15) is 0 Å². The van der Waals surface area contributed by atoms with Gasteiger partial charge in [0.05, 0.1) is 11.7 Å². The van der Waals surface area contributed by atoms with Gasteiger partial charge in [0.15, 0.2) is 0 Å². The fraction of sp³-hybridized carbons (Fsp3) is 0.333. The molecule has 1 heterocycles. The summed E-state index contributed by atoms with van der Waals surface area (Å²) < 4.78 is 14.1. The third-order valence-corrected chi connectivity index (χ3v) is 4.17. The SMILES string of the molecule is CN(C)Cc1ccc2c(c1)C(CN)N(c1ccccc1F)C2. The van der Waals surface area contributed by atoms with Crippen LogP contribution in [0.4, 0.5) is 10.1 Å². The van der Waals surface area contributed by atoms with E-state index < -0.39 is 0 Å². The summed E-state index contributed by atoms with van der Waals surface area (Å²) in [7, 11) is 4.11. The first-order valence-corrected chi connectivity index (χ1v) is 7.58. The normalized spacial score (nSPS) is 17.1. The van der Waals surface area contributed by atoms with E-state index in [0.717, 1.165) is 6.54 Å². The number of anilines is 1. The molecule has 0 amide bonds. The van der Waals surface area contributed by atoms with Gasteiger partial charge in [0.25, 0.3) is 0 Å². The maximum absolute atomic E-state index is 14.1. The Kier molecular flexibility index (Phi) is 4.14. The lowest BCUT2D eigenvalue weighted by Crippen LogP contribution is -2.28. The summed E-state index contributed by atoms with van der Waals surface area (Å²) in [4.78, 5) is 4.21. The van der Waals surface area contributed by atoms with Crippen molar-refractivity contribution in [2.24, 2.45) is 5.73 Å². The van der Waals surface area contributed by atoms with Crippen LogP contribution in [-0.2, 0) is 13.1 Å². The largest absolute Gasteiger partial charge is 0.356 e. The molecule has 3 rings (SSSR count). The van der Waals surface area contributed by atoms with Gasteiger partial charge in [0.2, 0.25) is 0 Å². The summed E-state index contributed by atoms with van der Waals surface area (Å²) in [5, 5.41) is 0. The second-order valence-corrected chi connectivity index (χ2v) is 6.10. The first-order chi connectivity index (χ1) is 10.6. The van der Waals surface area contributed by atoms with E-state index in [2.05, 4.69) is 42.1 Å². The molecule has 0 aromatic heterocycles. The van der Waals surface area contributed by atoms with E-state index >= 15 is 0 Å². The van der Waals surface area contributed by atoms with E-state index in [1.165, 1.54) is 22.8 Å². The van der Waals surface area contributed by atoms with Crippen LogP contribution in [0.5, 0.6) is 0 Å². The molecule has 0 bridgehead atoms. The van der Waals surface area contributed by atoms with Gasteiger partial charge >= 0.3 is 0 Å². The molecule has 0 spiro atoms. The maximum atomic E-state index is 14.1. The zero-order chi connectivity index (χ0) is 15.7. The summed E-state index contributed by atoms with van der Waals surface area (Å²) in [6.07, 6.45) is 0. The van der Waals surface area contributed by atoms with Crippen LogP contribution in [0.2, 0.25) is 0 Å². The smallest absolute Gasteiger partial charge is 0.146 e. The molecule has 0 saturated carbocycles. The van der Waals surface area contributed by atoms with Gasteiger partial charge < -0.3 is 15.5 Å². The zero-order valence-electron chi connectivity index (χ0n) is 13.1. The Morgan fingerprint density at radius 3 is 2.68 bits per heavy atom. The summed E-state index contributed by atoms with van der Waals surface area (Å²) in [5.74, 6) is -0.192. The number of hydrogen-bond donors (Lipinski definition) is 1. The molecule has 2 N–H and O–H groups in total. The zero-order valence-corrected chi connectivity index (χ0v) is 13.1. The van der Waals surface area contributed by atoms with Crippen molar-refractivity contribution < 1.29 is 4.39 Å². The molecule has 2 aromatic carbocycles. The van der Waals surface area contributed by atoms with Crippen LogP contribution in [0.3, 0.4) is 0 Å². The van der Waals surface area contributed by atoms with Gasteiger partial charge in [-0.1, -0.05) is 30.3 Å². The molecule has 3 nitrogen and oxygen atoms in total. The number of hydrogen-bond acceptors (Lipinski definition) is 3. The van der Waals surface area contributed by atoms with Crippen molar-refractivity contribution in [1.82, 2.24) is 4.90 Å². The highest BCUT2D eigenvalue weighted by Gasteiger charge is 2.30. The topological polar surface area (TPSA) is 32.5 Å². The van der Waals surface area contributed by atoms with Crippen molar-refractivity contribution in [1.29, 1.82) is 0 Å². The third kappa shape index (κ3) is 2.72. The van der Waals surface area contributed by atoms with Crippen LogP contribution in [0.25, 0.3) is 0 Å². The molecule has 116 valence electrons. The van der Waals surface area contributed by atoms with E-state index in [1.807, 2.05) is 12.1 Å². The number of nitrogens with two attached hydrogens (primary N) is 1. The molecule has 0 saturated heterocycles. The first kappa shape index (κ1) is 15.0. The number of nitrogens with zero attached hydrogens (tertiary/aromatic N) is 2. The highest BCUT2D eigenvalue weighted by atomic mass is 19.1. The highest BCUT2D eigenvalue weighted by Crippen LogP contribution is 2.38. The molecule has 22 heavy (non-hydrogen) atoms. The monoisotopic (exact) mass is 299 g/mol. The fourth-order valence-electron chi connectivity index (χ4n) is 3.22. The van der Waals surface area contributed by atoms with Gasteiger partial charge in [-0.15, -0.1) is 0 Å². The number of halogens is 1. The van der Waals surface area contributed by atoms with Crippen LogP contribution in [-0.4, -0.2) is 25.5 Å². The summed E-state index contributed by atoms with van der Waals surface area (Å²) in [5.41, 5.74) is 10.4. The Morgan fingerprint density at radius 1 is 1.23 bits per heavy atom. The molecule has 0 aliphatic carbocycles. The van der Waals surface area contributed by atoms with Crippen LogP contribution >= 0.6 is 0 Å². The molecule has 2 aromatic rings. The van der Waals surface area contributed by atoms with Crippen molar-refractivity contribution in [2.45, 2.75) is 19.1 Å². The number of fused-ring (bicyclic) bond motifs is 1. The molecule has 0 radical (unpaired) electrons. The van der Waals surface area contributed by atoms with Crippen molar-refractivity contribution >= 4 is 5.69 Å². The van der Waals surface area contributed by atoms with Crippen LogP contribution in [0.15, 0.2) is 42.5 Å². The van der Waals surface area contributed by atoms with Gasteiger partial charge in [-0.05, 0) is 42.9 Å². The molecule has 1 unspecified atom stereocenters. The molecule has 0 fully saturated rings. The molecule has 1 aliphatic rings. The fourth-order valence-corrected chi connectivity index (χ4v) is 3.22. The summed E-state index contributed by atoms with van der Waals surface area (Å²) in [6.45, 7) is 2.08. The predicted molar refractivity (Wildman–Crippen MR) is 88.2 cm³/mol. The number of benzene rings is 2. The van der Waals surface area contributed by atoms with Crippen molar-refractivity contribution in [3.8, 4) is 0 Å². The Labute approximate surface area is 131 Å². The van der Waals surface area contributed by atoms with Crippen molar-refractivity contribution in [3.63, 3.8) is 0 Å². The first-order valence-electron chi connectivity index (χ1n) is 7.58. The summed E-state index contributed by atoms with van der Waals surface area (Å²) >= 11 is 0. The Bertz CT molecular complexity index is 669. The van der Waals surface area contributed by atoms with Gasteiger partial charge in [-0.3, -0.25) is 0 Å². The standard InChI is InChI=1S/C18H22FN3/c1-21(2)11-13-7-8-14-12-22(18(10-20)15(14)9-13)17-6-4-3-5-16(17)19/h3-9,18H,10-12,20H2,1-2H3. The molecule has 4 heteroatoms. The lowest BCUT2D eigenvalue weighted by molar-refractivity contribution is 0.402.